The molecule has 2 amide bonds. The molecule has 0 aromatic heterocycles. The zero-order chi connectivity index (χ0) is 26.2. The van der Waals surface area contributed by atoms with Crippen molar-refractivity contribution in [2.75, 3.05) is 6.61 Å². The molecule has 3 rings (SSSR count). The van der Waals surface area contributed by atoms with E-state index in [-0.39, 0.29) is 31.0 Å². The molecule has 0 aliphatic heterocycles. The third-order valence-corrected chi connectivity index (χ3v) is 6.69. The fourth-order valence-electron chi connectivity index (χ4n) is 3.70. The zero-order valence-corrected chi connectivity index (χ0v) is 22.7. The van der Waals surface area contributed by atoms with E-state index in [9.17, 15) is 9.59 Å². The van der Waals surface area contributed by atoms with Gasteiger partial charge in [-0.15, -0.1) is 0 Å². The standard InChI is InChI=1S/C28H29Cl3N2O3/c1-18(2)32-28(35)26(15-20-7-5-4-6-8-20)33(16-21-9-11-24(30)25(31)14-21)27(34)17-36-22-10-12-23(29)19(3)13-22/h4-14,18,26H,15-17H2,1-3H3,(H,32,35)/t26-/m0/s1. The lowest BCUT2D eigenvalue weighted by Crippen LogP contribution is -2.52. The Morgan fingerprint density at radius 2 is 1.58 bits per heavy atom. The number of carbonyl (C=O) groups excluding carboxylic acids is 2. The van der Waals surface area contributed by atoms with Gasteiger partial charge in [0.25, 0.3) is 5.91 Å². The molecule has 190 valence electrons. The number of amides is 2. The number of benzene rings is 3. The van der Waals surface area contributed by atoms with Crippen molar-refractivity contribution in [3.8, 4) is 5.75 Å². The van der Waals surface area contributed by atoms with Crippen LogP contribution in [0, 0.1) is 6.92 Å². The number of aryl methyl sites for hydroxylation is 1. The van der Waals surface area contributed by atoms with Crippen molar-refractivity contribution >= 4 is 46.6 Å². The Balaban J connectivity index is 1.93. The summed E-state index contributed by atoms with van der Waals surface area (Å²) in [4.78, 5) is 28.5. The quantitative estimate of drug-likeness (QED) is 0.315. The number of carbonyl (C=O) groups is 2. The van der Waals surface area contributed by atoms with Crippen molar-refractivity contribution in [1.82, 2.24) is 10.2 Å². The van der Waals surface area contributed by atoms with Crippen molar-refractivity contribution in [2.24, 2.45) is 0 Å². The molecule has 1 atom stereocenters. The van der Waals surface area contributed by atoms with Crippen LogP contribution >= 0.6 is 34.8 Å². The number of hydrogen-bond acceptors (Lipinski definition) is 3. The monoisotopic (exact) mass is 546 g/mol. The molecule has 0 spiro atoms. The van der Waals surface area contributed by atoms with E-state index >= 15 is 0 Å². The summed E-state index contributed by atoms with van der Waals surface area (Å²) in [5.74, 6) is -0.0657. The molecule has 0 unspecified atom stereocenters. The van der Waals surface area contributed by atoms with Crippen LogP contribution in [0.4, 0.5) is 0 Å². The van der Waals surface area contributed by atoms with Crippen LogP contribution in [0.2, 0.25) is 15.1 Å². The van der Waals surface area contributed by atoms with Gasteiger partial charge in [-0.05, 0) is 67.8 Å². The van der Waals surface area contributed by atoms with Crippen molar-refractivity contribution < 1.29 is 14.3 Å². The average Bonchev–Trinajstić information content (AvgIpc) is 2.84. The molecule has 3 aromatic rings. The molecule has 1 N–H and O–H groups in total. The summed E-state index contributed by atoms with van der Waals surface area (Å²) in [5, 5.41) is 4.36. The SMILES string of the molecule is Cc1cc(OCC(=O)N(Cc2ccc(Cl)c(Cl)c2)[C@@H](Cc2ccccc2)C(=O)NC(C)C)ccc1Cl. The van der Waals surface area contributed by atoms with Gasteiger partial charge in [0.1, 0.15) is 11.8 Å². The van der Waals surface area contributed by atoms with Crippen LogP contribution in [0.15, 0.2) is 66.7 Å². The number of halogens is 3. The average molecular weight is 548 g/mol. The molecule has 0 radical (unpaired) electrons. The zero-order valence-electron chi connectivity index (χ0n) is 20.4. The van der Waals surface area contributed by atoms with Gasteiger partial charge in [-0.3, -0.25) is 9.59 Å². The van der Waals surface area contributed by atoms with Gasteiger partial charge in [0.2, 0.25) is 5.91 Å². The third kappa shape index (κ3) is 7.89. The Hall–Kier alpha value is -2.73. The topological polar surface area (TPSA) is 58.6 Å². The minimum Gasteiger partial charge on any atom is -0.484 e. The Labute approximate surface area is 227 Å². The first-order valence-corrected chi connectivity index (χ1v) is 12.7. The first-order valence-electron chi connectivity index (χ1n) is 11.6. The van der Waals surface area contributed by atoms with E-state index in [4.69, 9.17) is 39.5 Å². The van der Waals surface area contributed by atoms with Gasteiger partial charge < -0.3 is 15.0 Å². The molecule has 0 saturated carbocycles. The molecular formula is C28H29Cl3N2O3. The first-order chi connectivity index (χ1) is 17.1. The van der Waals surface area contributed by atoms with Crippen molar-refractivity contribution in [1.29, 1.82) is 0 Å². The fraction of sp³-hybridized carbons (Fsp3) is 0.286. The molecule has 0 fully saturated rings. The fourth-order valence-corrected chi connectivity index (χ4v) is 4.14. The van der Waals surface area contributed by atoms with Gasteiger partial charge in [0.15, 0.2) is 6.61 Å². The number of hydrogen-bond donors (Lipinski definition) is 1. The molecule has 0 heterocycles. The molecule has 36 heavy (non-hydrogen) atoms. The van der Waals surface area contributed by atoms with Crippen LogP contribution in [0.3, 0.4) is 0 Å². The predicted octanol–water partition coefficient (Wildman–Crippen LogP) is 6.50. The maximum Gasteiger partial charge on any atom is 0.261 e. The molecule has 0 aliphatic rings. The van der Waals surface area contributed by atoms with E-state index in [1.807, 2.05) is 51.1 Å². The minimum absolute atomic E-state index is 0.0917. The Morgan fingerprint density at radius 3 is 2.22 bits per heavy atom. The van der Waals surface area contributed by atoms with Crippen LogP contribution in [0.25, 0.3) is 0 Å². The maximum absolute atomic E-state index is 13.6. The van der Waals surface area contributed by atoms with Crippen LogP contribution in [-0.2, 0) is 22.6 Å². The molecule has 0 aliphatic carbocycles. The summed E-state index contributed by atoms with van der Waals surface area (Å²) in [6, 6.07) is 19.1. The number of ether oxygens (including phenoxy) is 1. The van der Waals surface area contributed by atoms with Crippen LogP contribution in [0.1, 0.15) is 30.5 Å². The highest BCUT2D eigenvalue weighted by Gasteiger charge is 2.31. The summed E-state index contributed by atoms with van der Waals surface area (Å²) in [6.07, 6.45) is 0.340. The number of rotatable bonds is 10. The maximum atomic E-state index is 13.6. The minimum atomic E-state index is -0.771. The molecule has 0 saturated heterocycles. The second kappa shape index (κ2) is 13.0. The highest BCUT2D eigenvalue weighted by molar-refractivity contribution is 6.42. The van der Waals surface area contributed by atoms with Crippen molar-refractivity contribution in [2.45, 2.75) is 45.8 Å². The van der Waals surface area contributed by atoms with Gasteiger partial charge in [-0.2, -0.15) is 0 Å². The number of nitrogens with zero attached hydrogens (tertiary/aromatic N) is 1. The highest BCUT2D eigenvalue weighted by atomic mass is 35.5. The largest absolute Gasteiger partial charge is 0.484 e. The highest BCUT2D eigenvalue weighted by Crippen LogP contribution is 2.25. The Morgan fingerprint density at radius 1 is 0.889 bits per heavy atom. The molecule has 8 heteroatoms. The van der Waals surface area contributed by atoms with Gasteiger partial charge >= 0.3 is 0 Å². The van der Waals surface area contributed by atoms with Crippen molar-refractivity contribution in [3.63, 3.8) is 0 Å². The Bertz CT molecular complexity index is 1200. The number of nitrogens with one attached hydrogen (secondary N) is 1. The summed E-state index contributed by atoms with van der Waals surface area (Å²) >= 11 is 18.4. The van der Waals surface area contributed by atoms with Gasteiger partial charge in [0.05, 0.1) is 10.0 Å². The molecule has 5 nitrogen and oxygen atoms in total. The summed E-state index contributed by atoms with van der Waals surface area (Å²) in [5.41, 5.74) is 2.52. The smallest absolute Gasteiger partial charge is 0.261 e. The van der Waals surface area contributed by atoms with E-state index < -0.39 is 6.04 Å². The predicted molar refractivity (Wildman–Crippen MR) is 146 cm³/mol. The molecule has 3 aromatic carbocycles. The Kier molecular flexibility index (Phi) is 10.1. The second-order valence-corrected chi connectivity index (χ2v) is 10.1. The van der Waals surface area contributed by atoms with E-state index in [1.54, 1.807) is 36.4 Å². The van der Waals surface area contributed by atoms with Crippen LogP contribution < -0.4 is 10.1 Å². The van der Waals surface area contributed by atoms with E-state index in [2.05, 4.69) is 5.32 Å². The summed E-state index contributed by atoms with van der Waals surface area (Å²) in [7, 11) is 0. The second-order valence-electron chi connectivity index (χ2n) is 8.84. The summed E-state index contributed by atoms with van der Waals surface area (Å²) in [6.45, 7) is 5.54. The van der Waals surface area contributed by atoms with E-state index in [0.29, 0.717) is 27.2 Å². The first kappa shape index (κ1) is 27.9. The molecular weight excluding hydrogens is 519 g/mol. The van der Waals surface area contributed by atoms with Gasteiger partial charge in [-0.1, -0.05) is 71.2 Å². The van der Waals surface area contributed by atoms with Crippen LogP contribution in [0.5, 0.6) is 5.75 Å². The lowest BCUT2D eigenvalue weighted by atomic mass is 10.0. The lowest BCUT2D eigenvalue weighted by molar-refractivity contribution is -0.143. The van der Waals surface area contributed by atoms with Crippen molar-refractivity contribution in [3.05, 3.63) is 98.5 Å². The van der Waals surface area contributed by atoms with Gasteiger partial charge in [0, 0.05) is 24.0 Å². The van der Waals surface area contributed by atoms with Gasteiger partial charge in [-0.25, -0.2) is 0 Å². The normalized spacial score (nSPS) is 11.8. The van der Waals surface area contributed by atoms with Crippen LogP contribution in [-0.4, -0.2) is 35.4 Å². The summed E-state index contributed by atoms with van der Waals surface area (Å²) < 4.78 is 5.80. The lowest BCUT2D eigenvalue weighted by Gasteiger charge is -2.32. The third-order valence-electron chi connectivity index (χ3n) is 5.53. The van der Waals surface area contributed by atoms with E-state index in [1.165, 1.54) is 4.90 Å². The molecule has 0 bridgehead atoms. The van der Waals surface area contributed by atoms with E-state index in [0.717, 1.165) is 16.7 Å².